The number of hydrogen-bond acceptors (Lipinski definition) is 4. The highest BCUT2D eigenvalue weighted by Crippen LogP contribution is 1.92. The van der Waals surface area contributed by atoms with Gasteiger partial charge in [0.2, 0.25) is 5.91 Å². The van der Waals surface area contributed by atoms with E-state index in [1.807, 2.05) is 0 Å². The molecule has 1 heterocycles. The van der Waals surface area contributed by atoms with Crippen LogP contribution in [0.15, 0.2) is 17.2 Å². The van der Waals surface area contributed by atoms with Crippen LogP contribution in [0.2, 0.25) is 0 Å². The highest BCUT2D eigenvalue weighted by molar-refractivity contribution is 5.85. The number of aromatic amines is 1. The number of nitrogens with zero attached hydrogens (tertiary/aromatic N) is 1. The van der Waals surface area contributed by atoms with E-state index in [0.717, 1.165) is 4.57 Å². The van der Waals surface area contributed by atoms with Gasteiger partial charge in [-0.2, -0.15) is 0 Å². The smallest absolute Gasteiger partial charge is 0.332 e. The second kappa shape index (κ2) is 3.88. The average molecular weight is 199 g/mol. The minimum absolute atomic E-state index is 0.410. The number of rotatable bonds is 3. The van der Waals surface area contributed by atoms with Crippen molar-refractivity contribution < 1.29 is 14.7 Å². The molecule has 0 bridgehead atoms. The molecule has 0 saturated carbocycles. The van der Waals surface area contributed by atoms with E-state index in [9.17, 15) is 14.4 Å². The summed E-state index contributed by atoms with van der Waals surface area (Å²) >= 11 is 0. The second-order valence-corrected chi connectivity index (χ2v) is 2.68. The van der Waals surface area contributed by atoms with Gasteiger partial charge in [0, 0.05) is 12.4 Å². The number of H-pyrrole nitrogens is 1. The van der Waals surface area contributed by atoms with Gasteiger partial charge >= 0.3 is 11.7 Å². The molecule has 0 aliphatic carbocycles. The number of imidazole rings is 1. The Hall–Kier alpha value is -1.89. The summed E-state index contributed by atoms with van der Waals surface area (Å²) in [4.78, 5) is 34.7. The number of hydrogen-bond donors (Lipinski definition) is 3. The van der Waals surface area contributed by atoms with E-state index in [0.29, 0.717) is 0 Å². The van der Waals surface area contributed by atoms with Crippen LogP contribution in [0.4, 0.5) is 0 Å². The van der Waals surface area contributed by atoms with E-state index >= 15 is 0 Å². The summed E-state index contributed by atoms with van der Waals surface area (Å²) in [5.74, 6) is -1.92. The molecular weight excluding hydrogens is 190 g/mol. The summed E-state index contributed by atoms with van der Waals surface area (Å²) in [5, 5.41) is 8.43. The third-order valence-electron chi connectivity index (χ3n) is 1.63. The Morgan fingerprint density at radius 1 is 1.64 bits per heavy atom. The molecule has 76 valence electrons. The van der Waals surface area contributed by atoms with Gasteiger partial charge in [-0.1, -0.05) is 0 Å². The van der Waals surface area contributed by atoms with Crippen molar-refractivity contribution in [2.24, 2.45) is 5.73 Å². The largest absolute Gasteiger partial charge is 0.480 e. The SMILES string of the molecule is N[C@@H](CC(=O)n1cc[nH]c1=O)C(=O)O. The van der Waals surface area contributed by atoms with Crippen LogP contribution in [-0.4, -0.2) is 32.6 Å². The lowest BCUT2D eigenvalue weighted by atomic mass is 10.2. The summed E-state index contributed by atoms with van der Waals surface area (Å²) in [7, 11) is 0. The maximum absolute atomic E-state index is 11.2. The van der Waals surface area contributed by atoms with Crippen LogP contribution in [0.1, 0.15) is 11.2 Å². The molecule has 0 fully saturated rings. The van der Waals surface area contributed by atoms with E-state index < -0.39 is 30.0 Å². The first-order valence-corrected chi connectivity index (χ1v) is 3.80. The number of nitrogens with one attached hydrogen (secondary N) is 1. The van der Waals surface area contributed by atoms with Crippen LogP contribution in [0, 0.1) is 0 Å². The summed E-state index contributed by atoms with van der Waals surface area (Å²) in [6.45, 7) is 0. The number of nitrogens with two attached hydrogens (primary N) is 1. The van der Waals surface area contributed by atoms with Gasteiger partial charge in [-0.15, -0.1) is 0 Å². The normalized spacial score (nSPS) is 12.4. The van der Waals surface area contributed by atoms with Crippen molar-refractivity contribution in [2.45, 2.75) is 12.5 Å². The van der Waals surface area contributed by atoms with E-state index in [1.165, 1.54) is 12.4 Å². The Bertz CT molecular complexity index is 405. The molecule has 0 spiro atoms. The Morgan fingerprint density at radius 2 is 2.29 bits per heavy atom. The quantitative estimate of drug-likeness (QED) is 0.554. The van der Waals surface area contributed by atoms with Crippen LogP contribution >= 0.6 is 0 Å². The Balaban J connectivity index is 2.74. The molecule has 7 heteroatoms. The van der Waals surface area contributed by atoms with Crippen molar-refractivity contribution in [3.05, 3.63) is 22.9 Å². The molecule has 1 aromatic rings. The summed E-state index contributed by atoms with van der Waals surface area (Å²) in [5.41, 5.74) is 4.52. The lowest BCUT2D eigenvalue weighted by Crippen LogP contribution is -2.36. The fourth-order valence-corrected chi connectivity index (χ4v) is 0.891. The van der Waals surface area contributed by atoms with Gasteiger partial charge in [0.05, 0.1) is 6.42 Å². The zero-order valence-corrected chi connectivity index (χ0v) is 7.14. The Kier molecular flexibility index (Phi) is 2.82. The number of aliphatic carboxylic acids is 1. The number of carbonyl (C=O) groups excluding carboxylic acids is 1. The fourth-order valence-electron chi connectivity index (χ4n) is 0.891. The van der Waals surface area contributed by atoms with Crippen molar-refractivity contribution in [1.82, 2.24) is 9.55 Å². The molecule has 14 heavy (non-hydrogen) atoms. The standard InChI is InChI=1S/C7H9N3O4/c8-4(6(12)13)3-5(11)10-2-1-9-7(10)14/h1-2,4H,3,8H2,(H,9,14)(H,12,13)/t4-/m0/s1. The summed E-state index contributed by atoms with van der Waals surface area (Å²) in [6.07, 6.45) is 2.10. The van der Waals surface area contributed by atoms with E-state index in [2.05, 4.69) is 4.98 Å². The van der Waals surface area contributed by atoms with Gasteiger partial charge in [0.1, 0.15) is 6.04 Å². The molecule has 0 unspecified atom stereocenters. The maximum atomic E-state index is 11.2. The van der Waals surface area contributed by atoms with Crippen molar-refractivity contribution in [1.29, 1.82) is 0 Å². The van der Waals surface area contributed by atoms with E-state index in [1.54, 1.807) is 0 Å². The van der Waals surface area contributed by atoms with Gasteiger partial charge in [0.15, 0.2) is 0 Å². The van der Waals surface area contributed by atoms with Crippen LogP contribution in [0.25, 0.3) is 0 Å². The van der Waals surface area contributed by atoms with Crippen molar-refractivity contribution in [2.75, 3.05) is 0 Å². The molecule has 0 amide bonds. The van der Waals surface area contributed by atoms with Crippen LogP contribution < -0.4 is 11.4 Å². The van der Waals surface area contributed by atoms with E-state index in [4.69, 9.17) is 10.8 Å². The molecule has 0 radical (unpaired) electrons. The average Bonchev–Trinajstić information content (AvgIpc) is 2.51. The predicted octanol–water partition coefficient (Wildman–Crippen LogP) is -1.38. The van der Waals surface area contributed by atoms with Gasteiger partial charge < -0.3 is 15.8 Å². The third-order valence-corrected chi connectivity index (χ3v) is 1.63. The maximum Gasteiger partial charge on any atom is 0.332 e. The minimum atomic E-state index is -1.29. The molecule has 0 aromatic carbocycles. The van der Waals surface area contributed by atoms with Crippen molar-refractivity contribution >= 4 is 11.9 Å². The molecule has 1 aromatic heterocycles. The molecule has 1 rings (SSSR count). The molecule has 4 N–H and O–H groups in total. The molecular formula is C7H9N3O4. The number of aromatic nitrogens is 2. The number of carbonyl (C=O) groups is 2. The highest BCUT2D eigenvalue weighted by atomic mass is 16.4. The molecule has 0 aliphatic rings. The first kappa shape index (κ1) is 10.2. The number of carboxylic acids is 1. The van der Waals surface area contributed by atoms with Gasteiger partial charge in [-0.25, -0.2) is 9.36 Å². The first-order valence-electron chi connectivity index (χ1n) is 3.80. The molecule has 1 atom stereocenters. The summed E-state index contributed by atoms with van der Waals surface area (Å²) < 4.78 is 0.781. The molecule has 0 aliphatic heterocycles. The highest BCUT2D eigenvalue weighted by Gasteiger charge is 2.18. The lowest BCUT2D eigenvalue weighted by Gasteiger charge is -2.04. The molecule has 0 saturated heterocycles. The predicted molar refractivity (Wildman–Crippen MR) is 45.9 cm³/mol. The fraction of sp³-hybridized carbons (Fsp3) is 0.286. The monoisotopic (exact) mass is 199 g/mol. The van der Waals surface area contributed by atoms with E-state index in [-0.39, 0.29) is 0 Å². The third kappa shape index (κ3) is 2.07. The lowest BCUT2D eigenvalue weighted by molar-refractivity contribution is -0.138. The van der Waals surface area contributed by atoms with Gasteiger partial charge in [-0.05, 0) is 0 Å². The zero-order valence-electron chi connectivity index (χ0n) is 7.14. The van der Waals surface area contributed by atoms with Gasteiger partial charge in [0.25, 0.3) is 0 Å². The summed E-state index contributed by atoms with van der Waals surface area (Å²) in [6, 6.07) is -1.29. The minimum Gasteiger partial charge on any atom is -0.480 e. The van der Waals surface area contributed by atoms with Crippen molar-refractivity contribution in [3.8, 4) is 0 Å². The van der Waals surface area contributed by atoms with Crippen LogP contribution in [-0.2, 0) is 4.79 Å². The Morgan fingerprint density at radius 3 is 2.71 bits per heavy atom. The first-order chi connectivity index (χ1) is 6.52. The van der Waals surface area contributed by atoms with Crippen LogP contribution in [0.3, 0.4) is 0 Å². The topological polar surface area (TPSA) is 118 Å². The van der Waals surface area contributed by atoms with Gasteiger partial charge in [-0.3, -0.25) is 9.59 Å². The Labute approximate surface area is 78.1 Å². The van der Waals surface area contributed by atoms with Crippen molar-refractivity contribution in [3.63, 3.8) is 0 Å². The van der Waals surface area contributed by atoms with Crippen LogP contribution in [0.5, 0.6) is 0 Å². The molecule has 7 nitrogen and oxygen atoms in total. The number of carboxylic acid groups (broad SMARTS) is 1. The zero-order chi connectivity index (χ0) is 10.7. The second-order valence-electron chi connectivity index (χ2n) is 2.68.